The third-order valence-corrected chi connectivity index (χ3v) is 4.25. The third-order valence-electron chi connectivity index (χ3n) is 3.34. The quantitative estimate of drug-likeness (QED) is 0.500. The van der Waals surface area contributed by atoms with Crippen molar-refractivity contribution < 1.29 is 4.74 Å². The van der Waals surface area contributed by atoms with E-state index in [1.54, 1.807) is 7.11 Å². The summed E-state index contributed by atoms with van der Waals surface area (Å²) in [5.41, 5.74) is 7.51. The first-order valence-corrected chi connectivity index (χ1v) is 8.87. The molecule has 0 radical (unpaired) electrons. The van der Waals surface area contributed by atoms with Crippen LogP contribution in [0.4, 0.5) is 17.6 Å². The van der Waals surface area contributed by atoms with Gasteiger partial charge in [-0.3, -0.25) is 0 Å². The first kappa shape index (κ1) is 17.9. The van der Waals surface area contributed by atoms with Crippen molar-refractivity contribution in [1.29, 1.82) is 0 Å². The highest BCUT2D eigenvalue weighted by atomic mass is 32.2. The number of hydrogen-bond acceptors (Lipinski definition) is 9. The molecule has 3 rings (SSSR count). The van der Waals surface area contributed by atoms with Crippen LogP contribution in [0.1, 0.15) is 17.3 Å². The summed E-state index contributed by atoms with van der Waals surface area (Å²) in [6.45, 7) is 3.81. The van der Waals surface area contributed by atoms with E-state index in [-0.39, 0.29) is 5.95 Å². The van der Waals surface area contributed by atoms with Gasteiger partial charge in [0, 0.05) is 5.69 Å². The van der Waals surface area contributed by atoms with Crippen molar-refractivity contribution in [2.75, 3.05) is 18.2 Å². The minimum absolute atomic E-state index is 0.156. The fourth-order valence-electron chi connectivity index (χ4n) is 2.32. The van der Waals surface area contributed by atoms with E-state index in [0.717, 1.165) is 22.2 Å². The number of anilines is 3. The Hall–Kier alpha value is -2.94. The Labute approximate surface area is 155 Å². The minimum Gasteiger partial charge on any atom is -0.495 e. The largest absolute Gasteiger partial charge is 0.495 e. The molecule has 3 N–H and O–H groups in total. The highest BCUT2D eigenvalue weighted by Crippen LogP contribution is 2.26. The smallest absolute Gasteiger partial charge is 0.232 e. The fourth-order valence-corrected chi connectivity index (χ4v) is 3.18. The second kappa shape index (κ2) is 7.96. The number of nitrogen functional groups attached to an aromatic ring is 1. The van der Waals surface area contributed by atoms with Crippen molar-refractivity contribution in [3.05, 3.63) is 47.7 Å². The van der Waals surface area contributed by atoms with Crippen LogP contribution in [0, 0.1) is 13.8 Å². The van der Waals surface area contributed by atoms with E-state index < -0.39 is 0 Å². The highest BCUT2D eigenvalue weighted by Gasteiger charge is 2.09. The van der Waals surface area contributed by atoms with Gasteiger partial charge in [-0.15, -0.1) is 0 Å². The zero-order valence-electron chi connectivity index (χ0n) is 14.7. The molecule has 2 aromatic heterocycles. The summed E-state index contributed by atoms with van der Waals surface area (Å²) < 4.78 is 5.32. The maximum atomic E-state index is 5.83. The lowest BCUT2D eigenvalue weighted by atomic mass is 10.3. The van der Waals surface area contributed by atoms with Crippen LogP contribution >= 0.6 is 11.8 Å². The normalized spacial score (nSPS) is 10.6. The van der Waals surface area contributed by atoms with E-state index in [9.17, 15) is 0 Å². The van der Waals surface area contributed by atoms with Crippen LogP contribution in [0.25, 0.3) is 0 Å². The van der Waals surface area contributed by atoms with Gasteiger partial charge in [0.05, 0.1) is 18.6 Å². The number of methoxy groups -OCH3 is 1. The first-order valence-electron chi connectivity index (χ1n) is 7.89. The molecule has 9 heteroatoms. The molecule has 0 spiro atoms. The molecule has 0 amide bonds. The number of rotatable bonds is 6. The Morgan fingerprint density at radius 2 is 1.88 bits per heavy atom. The minimum atomic E-state index is 0.156. The van der Waals surface area contributed by atoms with Crippen molar-refractivity contribution >= 4 is 29.3 Å². The van der Waals surface area contributed by atoms with E-state index in [2.05, 4.69) is 30.2 Å². The monoisotopic (exact) mass is 369 g/mol. The van der Waals surface area contributed by atoms with Crippen LogP contribution in [0.5, 0.6) is 5.75 Å². The number of aryl methyl sites for hydroxylation is 2. The van der Waals surface area contributed by atoms with Crippen molar-refractivity contribution in [3.8, 4) is 5.75 Å². The molecule has 0 bridgehead atoms. The lowest BCUT2D eigenvalue weighted by Gasteiger charge is -2.10. The number of para-hydroxylation sites is 2. The standard InChI is InChI=1S/C17H19N7OS/c1-10-8-15(20-11(2)19-10)26-9-14-22-16(18)24-17(23-14)21-12-6-4-5-7-13(12)25-3/h4-8H,9H2,1-3H3,(H3,18,21,22,23,24). The molecule has 0 fully saturated rings. The molecule has 3 aromatic rings. The van der Waals surface area contributed by atoms with Gasteiger partial charge in [0.15, 0.2) is 0 Å². The van der Waals surface area contributed by atoms with Gasteiger partial charge in [-0.2, -0.15) is 15.0 Å². The Bertz CT molecular complexity index is 899. The van der Waals surface area contributed by atoms with Gasteiger partial charge in [0.25, 0.3) is 0 Å². The number of nitrogens with zero attached hydrogens (tertiary/aromatic N) is 5. The van der Waals surface area contributed by atoms with Crippen LogP contribution in [-0.4, -0.2) is 32.0 Å². The summed E-state index contributed by atoms with van der Waals surface area (Å²) in [7, 11) is 1.61. The van der Waals surface area contributed by atoms with Crippen molar-refractivity contribution in [2.24, 2.45) is 0 Å². The molecule has 0 unspecified atom stereocenters. The zero-order chi connectivity index (χ0) is 18.5. The number of ether oxygens (including phenoxy) is 1. The van der Waals surface area contributed by atoms with E-state index in [1.165, 1.54) is 11.8 Å². The molecule has 2 heterocycles. The lowest BCUT2D eigenvalue weighted by Crippen LogP contribution is -2.07. The van der Waals surface area contributed by atoms with E-state index in [1.807, 2.05) is 44.2 Å². The Balaban J connectivity index is 1.77. The molecule has 0 atom stereocenters. The maximum Gasteiger partial charge on any atom is 0.232 e. The van der Waals surface area contributed by atoms with Gasteiger partial charge in [-0.05, 0) is 32.0 Å². The van der Waals surface area contributed by atoms with Crippen LogP contribution < -0.4 is 15.8 Å². The van der Waals surface area contributed by atoms with Crippen molar-refractivity contribution in [2.45, 2.75) is 24.6 Å². The number of aromatic nitrogens is 5. The lowest BCUT2D eigenvalue weighted by molar-refractivity contribution is 0.417. The van der Waals surface area contributed by atoms with E-state index in [0.29, 0.717) is 23.3 Å². The second-order valence-corrected chi connectivity index (χ2v) is 6.44. The molecule has 0 saturated heterocycles. The first-order chi connectivity index (χ1) is 12.5. The maximum absolute atomic E-state index is 5.83. The van der Waals surface area contributed by atoms with Crippen LogP contribution in [-0.2, 0) is 5.75 Å². The molecule has 8 nitrogen and oxygen atoms in total. The molecule has 0 saturated carbocycles. The van der Waals surface area contributed by atoms with Crippen molar-refractivity contribution in [1.82, 2.24) is 24.9 Å². The Morgan fingerprint density at radius 1 is 1.08 bits per heavy atom. The number of hydrogen-bond donors (Lipinski definition) is 2. The van der Waals surface area contributed by atoms with Gasteiger partial charge in [-0.25, -0.2) is 9.97 Å². The van der Waals surface area contributed by atoms with Crippen LogP contribution in [0.2, 0.25) is 0 Å². The van der Waals surface area contributed by atoms with Gasteiger partial charge in [-0.1, -0.05) is 23.9 Å². The summed E-state index contributed by atoms with van der Waals surface area (Å²) in [6, 6.07) is 9.44. The predicted octanol–water partition coefficient (Wildman–Crippen LogP) is 2.91. The molecule has 0 aliphatic heterocycles. The number of benzene rings is 1. The van der Waals surface area contributed by atoms with Crippen LogP contribution in [0.3, 0.4) is 0 Å². The van der Waals surface area contributed by atoms with Gasteiger partial charge >= 0.3 is 0 Å². The molecule has 134 valence electrons. The average molecular weight is 369 g/mol. The Kier molecular flexibility index (Phi) is 5.47. The van der Waals surface area contributed by atoms with Crippen molar-refractivity contribution in [3.63, 3.8) is 0 Å². The molecule has 1 aromatic carbocycles. The summed E-state index contributed by atoms with van der Waals surface area (Å²) in [5, 5.41) is 3.99. The number of thioether (sulfide) groups is 1. The summed E-state index contributed by atoms with van der Waals surface area (Å²) in [4.78, 5) is 21.4. The topological polar surface area (TPSA) is 112 Å². The summed E-state index contributed by atoms with van der Waals surface area (Å²) >= 11 is 1.52. The zero-order valence-corrected chi connectivity index (χ0v) is 15.5. The number of nitrogens with two attached hydrogens (primary N) is 1. The Morgan fingerprint density at radius 3 is 2.65 bits per heavy atom. The van der Waals surface area contributed by atoms with Crippen LogP contribution in [0.15, 0.2) is 35.4 Å². The SMILES string of the molecule is COc1ccccc1Nc1nc(N)nc(CSc2cc(C)nc(C)n2)n1. The summed E-state index contributed by atoms with van der Waals surface area (Å²) in [5.74, 6) is 3.03. The van der Waals surface area contributed by atoms with Gasteiger partial charge in [0.2, 0.25) is 11.9 Å². The predicted molar refractivity (Wildman–Crippen MR) is 102 cm³/mol. The second-order valence-electron chi connectivity index (χ2n) is 5.44. The molecular weight excluding hydrogens is 350 g/mol. The highest BCUT2D eigenvalue weighted by molar-refractivity contribution is 7.98. The number of nitrogens with one attached hydrogen (secondary N) is 1. The van der Waals surface area contributed by atoms with E-state index >= 15 is 0 Å². The average Bonchev–Trinajstić information content (AvgIpc) is 2.59. The summed E-state index contributed by atoms with van der Waals surface area (Å²) in [6.07, 6.45) is 0. The molecule has 26 heavy (non-hydrogen) atoms. The van der Waals surface area contributed by atoms with Gasteiger partial charge < -0.3 is 15.8 Å². The van der Waals surface area contributed by atoms with Gasteiger partial charge in [0.1, 0.15) is 22.4 Å². The fraction of sp³-hybridized carbons (Fsp3) is 0.235. The molecular formula is C17H19N7OS. The van der Waals surface area contributed by atoms with E-state index in [4.69, 9.17) is 10.5 Å². The molecule has 0 aliphatic rings. The third kappa shape index (κ3) is 4.57. The molecule has 0 aliphatic carbocycles.